The first kappa shape index (κ1) is 25.5. The number of halogens is 2. The van der Waals surface area contributed by atoms with E-state index in [-0.39, 0.29) is 16.6 Å². The van der Waals surface area contributed by atoms with Gasteiger partial charge in [0.2, 0.25) is 5.91 Å². The summed E-state index contributed by atoms with van der Waals surface area (Å²) in [7, 11) is 3.33. The molecule has 0 radical (unpaired) electrons. The smallest absolute Gasteiger partial charge is 0.252 e. The Balaban J connectivity index is 1.52. The van der Waals surface area contributed by atoms with Crippen molar-refractivity contribution in [1.82, 2.24) is 29.3 Å². The Bertz CT molecular complexity index is 1720. The first-order chi connectivity index (χ1) is 18.3. The lowest BCUT2D eigenvalue weighted by molar-refractivity contribution is -0.119. The highest BCUT2D eigenvalue weighted by molar-refractivity contribution is 6.31. The highest BCUT2D eigenvalue weighted by atomic mass is 35.5. The van der Waals surface area contributed by atoms with E-state index in [9.17, 15) is 9.59 Å². The standard InChI is InChI=1S/C26H23Cl2N7O3/c1-4-21(26(37)29-17-6-7-20-15(9-17)12-33(2)31-20)34-13-23(38-3)19(11-25(34)36)18-10-16(27)5-8-22(18)35-14-24(28)30-32-35/h5-14,21H,4H2,1-3H3,(H,29,37). The topological polar surface area (TPSA) is 109 Å². The molecule has 0 saturated heterocycles. The number of fused-ring (bicyclic) bond motifs is 1. The van der Waals surface area contributed by atoms with Crippen molar-refractivity contribution in [2.45, 2.75) is 19.4 Å². The van der Waals surface area contributed by atoms with Crippen LogP contribution in [0.1, 0.15) is 19.4 Å². The van der Waals surface area contributed by atoms with Crippen LogP contribution < -0.4 is 15.6 Å². The lowest BCUT2D eigenvalue weighted by atomic mass is 10.0. The molecule has 0 bridgehead atoms. The normalized spacial score (nSPS) is 12.0. The van der Waals surface area contributed by atoms with Gasteiger partial charge in [0.25, 0.3) is 5.56 Å². The van der Waals surface area contributed by atoms with Crippen molar-refractivity contribution in [3.05, 3.63) is 81.6 Å². The number of nitrogens with zero attached hydrogens (tertiary/aromatic N) is 6. The zero-order valence-corrected chi connectivity index (χ0v) is 22.2. The van der Waals surface area contributed by atoms with Gasteiger partial charge in [0.1, 0.15) is 11.8 Å². The third-order valence-electron chi connectivity index (χ3n) is 6.14. The number of methoxy groups -OCH3 is 1. The van der Waals surface area contributed by atoms with E-state index in [1.807, 2.05) is 32.3 Å². The predicted molar refractivity (Wildman–Crippen MR) is 146 cm³/mol. The second-order valence-corrected chi connectivity index (χ2v) is 9.46. The van der Waals surface area contributed by atoms with Crippen LogP contribution in [0.15, 0.2) is 65.8 Å². The van der Waals surface area contributed by atoms with Gasteiger partial charge < -0.3 is 10.1 Å². The fraction of sp³-hybridized carbons (Fsp3) is 0.192. The first-order valence-electron chi connectivity index (χ1n) is 11.7. The minimum absolute atomic E-state index is 0.216. The molecule has 2 aromatic carbocycles. The summed E-state index contributed by atoms with van der Waals surface area (Å²) in [4.78, 5) is 26.7. The van der Waals surface area contributed by atoms with Gasteiger partial charge in [0, 0.05) is 46.5 Å². The monoisotopic (exact) mass is 551 g/mol. The van der Waals surface area contributed by atoms with Crippen molar-refractivity contribution < 1.29 is 9.53 Å². The first-order valence-corrected chi connectivity index (χ1v) is 12.5. The summed E-state index contributed by atoms with van der Waals surface area (Å²) in [5, 5.41) is 16.7. The van der Waals surface area contributed by atoms with Crippen molar-refractivity contribution in [3.63, 3.8) is 0 Å². The summed E-state index contributed by atoms with van der Waals surface area (Å²) in [5.74, 6) is 0.0516. The van der Waals surface area contributed by atoms with Gasteiger partial charge >= 0.3 is 0 Å². The van der Waals surface area contributed by atoms with Crippen LogP contribution in [0.25, 0.3) is 27.7 Å². The molecular formula is C26H23Cl2N7O3. The van der Waals surface area contributed by atoms with E-state index in [4.69, 9.17) is 27.9 Å². The van der Waals surface area contributed by atoms with E-state index in [1.165, 1.54) is 28.6 Å². The number of aromatic nitrogens is 6. The molecular weight excluding hydrogens is 529 g/mol. The number of hydrogen-bond donors (Lipinski definition) is 1. The van der Waals surface area contributed by atoms with Gasteiger partial charge in [0.05, 0.1) is 30.7 Å². The SMILES string of the molecule is CCC(C(=O)Nc1ccc2nn(C)cc2c1)n1cc(OC)c(-c2cc(Cl)ccc2-n2cc(Cl)nn2)cc1=O. The molecule has 0 spiro atoms. The lowest BCUT2D eigenvalue weighted by Crippen LogP contribution is -2.32. The highest BCUT2D eigenvalue weighted by Crippen LogP contribution is 2.35. The van der Waals surface area contributed by atoms with E-state index in [1.54, 1.807) is 35.1 Å². The fourth-order valence-corrected chi connectivity index (χ4v) is 4.69. The second kappa shape index (κ2) is 10.3. The van der Waals surface area contributed by atoms with Crippen molar-refractivity contribution in [2.24, 2.45) is 7.05 Å². The summed E-state index contributed by atoms with van der Waals surface area (Å²) in [6.45, 7) is 1.84. The number of hydrogen-bond acceptors (Lipinski definition) is 6. The lowest BCUT2D eigenvalue weighted by Gasteiger charge is -2.20. The summed E-state index contributed by atoms with van der Waals surface area (Å²) in [5.41, 5.74) is 2.72. The zero-order valence-electron chi connectivity index (χ0n) is 20.7. The molecule has 3 aromatic heterocycles. The van der Waals surface area contributed by atoms with Gasteiger partial charge in [0.15, 0.2) is 5.15 Å². The number of ether oxygens (including phenoxy) is 1. The number of carbonyl (C=O) groups is 1. The van der Waals surface area contributed by atoms with Gasteiger partial charge in [-0.25, -0.2) is 4.68 Å². The maximum atomic E-state index is 13.4. The van der Waals surface area contributed by atoms with E-state index in [2.05, 4.69) is 20.7 Å². The minimum atomic E-state index is -0.775. The molecule has 0 aliphatic rings. The van der Waals surface area contributed by atoms with Crippen LogP contribution >= 0.6 is 23.2 Å². The number of carbonyl (C=O) groups excluding carboxylic acids is 1. The molecule has 0 saturated carbocycles. The molecule has 38 heavy (non-hydrogen) atoms. The fourth-order valence-electron chi connectivity index (χ4n) is 4.39. The molecule has 1 unspecified atom stereocenters. The number of amides is 1. The van der Waals surface area contributed by atoms with Gasteiger partial charge in [-0.1, -0.05) is 35.3 Å². The molecule has 5 rings (SSSR count). The molecule has 1 N–H and O–H groups in total. The Kier molecular flexibility index (Phi) is 6.92. The Morgan fingerprint density at radius 1 is 1.08 bits per heavy atom. The van der Waals surface area contributed by atoms with Gasteiger partial charge in [-0.3, -0.25) is 18.8 Å². The number of pyridine rings is 1. The van der Waals surface area contributed by atoms with E-state index in [0.717, 1.165) is 10.9 Å². The molecule has 0 fully saturated rings. The number of anilines is 1. The largest absolute Gasteiger partial charge is 0.495 e. The second-order valence-electron chi connectivity index (χ2n) is 8.64. The summed E-state index contributed by atoms with van der Waals surface area (Å²) < 4.78 is 10.2. The molecule has 3 heterocycles. The molecule has 5 aromatic rings. The zero-order chi connectivity index (χ0) is 27.0. The van der Waals surface area contributed by atoms with Crippen LogP contribution in [0.3, 0.4) is 0 Å². The van der Waals surface area contributed by atoms with Crippen LogP contribution in [0, 0.1) is 0 Å². The van der Waals surface area contributed by atoms with Crippen molar-refractivity contribution in [3.8, 4) is 22.6 Å². The number of benzene rings is 2. The summed E-state index contributed by atoms with van der Waals surface area (Å²) in [6.07, 6.45) is 5.33. The molecule has 12 heteroatoms. The van der Waals surface area contributed by atoms with Crippen LogP contribution in [-0.2, 0) is 11.8 Å². The van der Waals surface area contributed by atoms with Crippen LogP contribution in [-0.4, -0.2) is 42.4 Å². The van der Waals surface area contributed by atoms with E-state index in [0.29, 0.717) is 39.7 Å². The molecule has 0 aliphatic heterocycles. The molecule has 1 amide bonds. The minimum Gasteiger partial charge on any atom is -0.495 e. The molecule has 194 valence electrons. The molecule has 0 aliphatic carbocycles. The number of aryl methyl sites for hydroxylation is 1. The summed E-state index contributed by atoms with van der Waals surface area (Å²) in [6, 6.07) is 11.2. The predicted octanol–water partition coefficient (Wildman–Crippen LogP) is 4.89. The van der Waals surface area contributed by atoms with Crippen LogP contribution in [0.2, 0.25) is 10.2 Å². The third-order valence-corrected chi connectivity index (χ3v) is 6.54. The third kappa shape index (κ3) is 4.88. The Labute approximate surface area is 227 Å². The van der Waals surface area contributed by atoms with Gasteiger partial charge in [-0.15, -0.1) is 5.10 Å². The number of rotatable bonds is 7. The molecule has 10 nitrogen and oxygen atoms in total. The average Bonchev–Trinajstić information content (AvgIpc) is 3.49. The maximum absolute atomic E-state index is 13.4. The summed E-state index contributed by atoms with van der Waals surface area (Å²) >= 11 is 12.3. The van der Waals surface area contributed by atoms with E-state index < -0.39 is 6.04 Å². The van der Waals surface area contributed by atoms with Gasteiger partial charge in [-0.2, -0.15) is 5.10 Å². The quantitative estimate of drug-likeness (QED) is 0.308. The van der Waals surface area contributed by atoms with E-state index >= 15 is 0 Å². The number of nitrogens with one attached hydrogen (secondary N) is 1. The van der Waals surface area contributed by atoms with Crippen molar-refractivity contribution in [2.75, 3.05) is 12.4 Å². The van der Waals surface area contributed by atoms with Crippen molar-refractivity contribution in [1.29, 1.82) is 0 Å². The van der Waals surface area contributed by atoms with Crippen LogP contribution in [0.4, 0.5) is 5.69 Å². The maximum Gasteiger partial charge on any atom is 0.252 e. The van der Waals surface area contributed by atoms with Crippen LogP contribution in [0.5, 0.6) is 5.75 Å². The Morgan fingerprint density at radius 2 is 1.89 bits per heavy atom. The average molecular weight is 552 g/mol. The highest BCUT2D eigenvalue weighted by Gasteiger charge is 2.23. The van der Waals surface area contributed by atoms with Gasteiger partial charge in [-0.05, 0) is 42.8 Å². The van der Waals surface area contributed by atoms with Crippen molar-refractivity contribution >= 4 is 45.7 Å². The molecule has 1 atom stereocenters. The Morgan fingerprint density at radius 3 is 2.61 bits per heavy atom. The Hall–Kier alpha value is -4.15.